The van der Waals surface area contributed by atoms with Crippen LogP contribution in [0.25, 0.3) is 21.6 Å². The zero-order valence-electron chi connectivity index (χ0n) is 16.5. The third kappa shape index (κ3) is 3.42. The Bertz CT molecular complexity index is 1100. The fourth-order valence-corrected chi connectivity index (χ4v) is 6.26. The molecule has 0 saturated carbocycles. The van der Waals surface area contributed by atoms with Gasteiger partial charge >= 0.3 is 13.6 Å². The third-order valence-electron chi connectivity index (χ3n) is 4.33. The number of thiazole rings is 1. The summed E-state index contributed by atoms with van der Waals surface area (Å²) < 4.78 is 31.2. The lowest BCUT2D eigenvalue weighted by molar-refractivity contribution is -0.135. The second-order valence-electron chi connectivity index (χ2n) is 6.03. The van der Waals surface area contributed by atoms with Crippen molar-refractivity contribution in [3.63, 3.8) is 0 Å². The number of aryl methyl sites for hydroxylation is 1. The van der Waals surface area contributed by atoms with Gasteiger partial charge in [0.05, 0.1) is 36.2 Å². The zero-order chi connectivity index (χ0) is 20.5. The summed E-state index contributed by atoms with van der Waals surface area (Å²) in [6.07, 6.45) is 0. The highest BCUT2D eigenvalue weighted by Crippen LogP contribution is 2.59. The van der Waals surface area contributed by atoms with Crippen LogP contribution in [0.2, 0.25) is 0 Å². The van der Waals surface area contributed by atoms with E-state index in [1.807, 2.05) is 35.6 Å². The monoisotopic (exact) mass is 422 g/mol. The van der Waals surface area contributed by atoms with Crippen molar-refractivity contribution in [2.45, 2.75) is 27.7 Å². The SMILES string of the molecule is CCOP(=O)(OCC)/C(C(=O)OC)=C(\C)c1sc2nc3ccccc3n2c1C. The fraction of sp³-hybridized carbons (Fsp3) is 0.368. The smallest absolute Gasteiger partial charge is 0.368 e. The van der Waals surface area contributed by atoms with Crippen molar-refractivity contribution in [1.29, 1.82) is 0 Å². The van der Waals surface area contributed by atoms with Gasteiger partial charge < -0.3 is 13.8 Å². The number of hydrogen-bond acceptors (Lipinski definition) is 7. The van der Waals surface area contributed by atoms with Crippen molar-refractivity contribution >= 4 is 46.5 Å². The summed E-state index contributed by atoms with van der Waals surface area (Å²) in [5.41, 5.74) is 3.27. The highest BCUT2D eigenvalue weighted by molar-refractivity contribution is 7.60. The Hall–Kier alpha value is -1.99. The van der Waals surface area contributed by atoms with Gasteiger partial charge in [0.1, 0.15) is 0 Å². The lowest BCUT2D eigenvalue weighted by Crippen LogP contribution is -2.11. The molecular weight excluding hydrogens is 399 g/mol. The number of fused-ring (bicyclic) bond motifs is 3. The average molecular weight is 422 g/mol. The van der Waals surface area contributed by atoms with Crippen LogP contribution in [0.3, 0.4) is 0 Å². The number of hydrogen-bond donors (Lipinski definition) is 0. The largest absolute Gasteiger partial charge is 0.465 e. The van der Waals surface area contributed by atoms with Crippen LogP contribution in [0.4, 0.5) is 0 Å². The van der Waals surface area contributed by atoms with Crippen LogP contribution in [0.5, 0.6) is 0 Å². The van der Waals surface area contributed by atoms with Gasteiger partial charge in [-0.15, -0.1) is 0 Å². The van der Waals surface area contributed by atoms with Gasteiger partial charge in [0.2, 0.25) is 0 Å². The molecule has 0 aliphatic carbocycles. The molecule has 7 nitrogen and oxygen atoms in total. The Morgan fingerprint density at radius 2 is 1.86 bits per heavy atom. The minimum atomic E-state index is -3.83. The normalized spacial score (nSPS) is 13.2. The number of esters is 1. The van der Waals surface area contributed by atoms with Crippen molar-refractivity contribution in [3.8, 4) is 0 Å². The van der Waals surface area contributed by atoms with Crippen molar-refractivity contribution in [3.05, 3.63) is 40.2 Å². The standard InChI is InChI=1S/C19H23N2O5PS/c1-6-25-27(23,26-7-2)16(18(22)24-5)12(3)17-13(4)21-15-11-9-8-10-14(15)20-19(21)28-17/h8-11H,6-7H2,1-5H3/b16-12+. The van der Waals surface area contributed by atoms with E-state index in [1.165, 1.54) is 18.4 Å². The van der Waals surface area contributed by atoms with Crippen LogP contribution in [0.1, 0.15) is 31.3 Å². The van der Waals surface area contributed by atoms with Gasteiger partial charge in [0.15, 0.2) is 10.3 Å². The van der Waals surface area contributed by atoms with E-state index in [2.05, 4.69) is 4.98 Å². The minimum absolute atomic E-state index is 0.0735. The van der Waals surface area contributed by atoms with Gasteiger partial charge in [-0.1, -0.05) is 23.5 Å². The highest BCUT2D eigenvalue weighted by Gasteiger charge is 2.38. The fourth-order valence-electron chi connectivity index (χ4n) is 3.19. The van der Waals surface area contributed by atoms with E-state index in [1.54, 1.807) is 20.8 Å². The maximum absolute atomic E-state index is 13.4. The molecule has 0 saturated heterocycles. The molecule has 0 fully saturated rings. The molecule has 0 unspecified atom stereocenters. The predicted octanol–water partition coefficient (Wildman–Crippen LogP) is 5.03. The van der Waals surface area contributed by atoms with Gasteiger partial charge in [-0.05, 0) is 45.4 Å². The summed E-state index contributed by atoms with van der Waals surface area (Å²) in [7, 11) is -2.58. The first-order valence-electron chi connectivity index (χ1n) is 8.93. The molecule has 3 aromatic rings. The van der Waals surface area contributed by atoms with E-state index < -0.39 is 13.6 Å². The van der Waals surface area contributed by atoms with Crippen LogP contribution < -0.4 is 0 Å². The number of carbonyl (C=O) groups is 1. The Balaban J connectivity index is 2.28. The second-order valence-corrected chi connectivity index (χ2v) is 8.97. The molecule has 0 spiro atoms. The molecule has 28 heavy (non-hydrogen) atoms. The average Bonchev–Trinajstić information content (AvgIpc) is 3.18. The summed E-state index contributed by atoms with van der Waals surface area (Å²) in [5, 5.41) is -0.0735. The van der Waals surface area contributed by atoms with Crippen LogP contribution in [0.15, 0.2) is 29.6 Å². The van der Waals surface area contributed by atoms with E-state index in [0.29, 0.717) is 5.57 Å². The van der Waals surface area contributed by atoms with E-state index in [0.717, 1.165) is 26.6 Å². The molecule has 0 aliphatic rings. The molecule has 150 valence electrons. The molecular formula is C19H23N2O5PS. The van der Waals surface area contributed by atoms with Crippen molar-refractivity contribution in [1.82, 2.24) is 9.38 Å². The van der Waals surface area contributed by atoms with Gasteiger partial charge in [0.25, 0.3) is 0 Å². The van der Waals surface area contributed by atoms with E-state index in [4.69, 9.17) is 13.8 Å². The minimum Gasteiger partial charge on any atom is -0.465 e. The topological polar surface area (TPSA) is 79.1 Å². The number of imidazole rings is 1. The third-order valence-corrected chi connectivity index (χ3v) is 7.86. The zero-order valence-corrected chi connectivity index (χ0v) is 18.2. The Morgan fingerprint density at radius 1 is 1.21 bits per heavy atom. The lowest BCUT2D eigenvalue weighted by atomic mass is 10.2. The molecule has 0 atom stereocenters. The molecule has 2 heterocycles. The summed E-state index contributed by atoms with van der Waals surface area (Å²) in [6, 6.07) is 7.84. The van der Waals surface area contributed by atoms with Gasteiger partial charge in [-0.2, -0.15) is 0 Å². The molecule has 0 bridgehead atoms. The summed E-state index contributed by atoms with van der Waals surface area (Å²) in [6.45, 7) is 7.36. The first-order chi connectivity index (χ1) is 13.4. The first kappa shape index (κ1) is 20.7. The molecule has 0 amide bonds. The lowest BCUT2D eigenvalue weighted by Gasteiger charge is -2.20. The number of rotatable bonds is 7. The van der Waals surface area contributed by atoms with Gasteiger partial charge in [-0.25, -0.2) is 9.78 Å². The summed E-state index contributed by atoms with van der Waals surface area (Å²) in [4.78, 5) is 18.8. The Kier molecular flexibility index (Phi) is 6.05. The maximum Gasteiger partial charge on any atom is 0.368 e. The number of carbonyl (C=O) groups excluding carboxylic acids is 1. The first-order valence-corrected chi connectivity index (χ1v) is 11.3. The van der Waals surface area contributed by atoms with Crippen LogP contribution in [0, 0.1) is 6.92 Å². The molecule has 3 rings (SSSR count). The van der Waals surface area contributed by atoms with E-state index in [9.17, 15) is 9.36 Å². The quantitative estimate of drug-likeness (QED) is 0.302. The number of para-hydroxylation sites is 2. The van der Waals surface area contributed by atoms with Crippen LogP contribution in [-0.4, -0.2) is 35.7 Å². The molecule has 9 heteroatoms. The van der Waals surface area contributed by atoms with Crippen molar-refractivity contribution in [2.24, 2.45) is 0 Å². The van der Waals surface area contributed by atoms with E-state index in [-0.39, 0.29) is 18.5 Å². The number of methoxy groups -OCH3 is 1. The molecule has 0 aliphatic heterocycles. The highest BCUT2D eigenvalue weighted by atomic mass is 32.1. The number of allylic oxidation sites excluding steroid dienone is 1. The molecule has 0 N–H and O–H groups in total. The van der Waals surface area contributed by atoms with Gasteiger partial charge in [0, 0.05) is 5.69 Å². The van der Waals surface area contributed by atoms with Crippen molar-refractivity contribution in [2.75, 3.05) is 20.3 Å². The predicted molar refractivity (Wildman–Crippen MR) is 111 cm³/mol. The molecule has 0 radical (unpaired) electrons. The number of benzene rings is 1. The van der Waals surface area contributed by atoms with Gasteiger partial charge in [-0.3, -0.25) is 8.97 Å². The number of nitrogens with zero attached hydrogens (tertiary/aromatic N) is 2. The Morgan fingerprint density at radius 3 is 2.46 bits per heavy atom. The Labute approximate surface area is 167 Å². The number of ether oxygens (including phenoxy) is 1. The molecule has 2 aromatic heterocycles. The van der Waals surface area contributed by atoms with E-state index >= 15 is 0 Å². The van der Waals surface area contributed by atoms with Crippen LogP contribution in [-0.2, 0) is 23.1 Å². The summed E-state index contributed by atoms with van der Waals surface area (Å²) in [5.74, 6) is -0.724. The summed E-state index contributed by atoms with van der Waals surface area (Å²) >= 11 is 1.42. The second kappa shape index (κ2) is 8.17. The maximum atomic E-state index is 13.4. The molecule has 1 aromatic carbocycles. The van der Waals surface area contributed by atoms with Crippen LogP contribution >= 0.6 is 18.9 Å². The number of aromatic nitrogens is 2. The van der Waals surface area contributed by atoms with Crippen molar-refractivity contribution < 1.29 is 23.1 Å².